The van der Waals surface area contributed by atoms with Gasteiger partial charge in [-0.15, -0.1) is 23.2 Å². The Kier molecular flexibility index (Phi) is 16.0. The van der Waals surface area contributed by atoms with E-state index in [0.717, 1.165) is 63.1 Å². The zero-order valence-corrected chi connectivity index (χ0v) is 15.9. The Balaban J connectivity index is 3.78. The molecule has 0 N–H and O–H groups in total. The number of hydrogen-bond acceptors (Lipinski definition) is 4. The van der Waals surface area contributed by atoms with E-state index in [2.05, 4.69) is 0 Å². The maximum Gasteiger partial charge on any atom is 0.679 e. The largest absolute Gasteiger partial charge is 0.679 e. The van der Waals surface area contributed by atoms with Crippen LogP contribution in [0.3, 0.4) is 0 Å². The lowest BCUT2D eigenvalue weighted by atomic mass is 10.2. The summed E-state index contributed by atoms with van der Waals surface area (Å²) in [5, 5.41) is 0. The van der Waals surface area contributed by atoms with Crippen LogP contribution in [0.2, 0.25) is 0 Å². The Labute approximate surface area is 140 Å². The zero-order valence-electron chi connectivity index (χ0n) is 13.4. The summed E-state index contributed by atoms with van der Waals surface area (Å²) in [4.78, 5) is 0. The van der Waals surface area contributed by atoms with Gasteiger partial charge in [0.1, 0.15) is 0 Å². The third-order valence-electron chi connectivity index (χ3n) is 3.11. The summed E-state index contributed by atoms with van der Waals surface area (Å²) in [6, 6.07) is 0. The number of unbranched alkanes of at least 4 members (excludes halogenated alkanes) is 6. The maximum atomic E-state index is 5.75. The van der Waals surface area contributed by atoms with Crippen molar-refractivity contribution >= 4 is 32.2 Å². The minimum absolute atomic E-state index is 0.600. The topological polar surface area (TPSA) is 36.9 Å². The van der Waals surface area contributed by atoms with E-state index in [1.54, 1.807) is 14.2 Å². The van der Waals surface area contributed by atoms with Crippen LogP contribution in [-0.4, -0.2) is 48.2 Å². The SMILES string of the molecule is CO[Si](OC)(OCCCCCCCl)OCCCCCCCl. The van der Waals surface area contributed by atoms with Crippen molar-refractivity contribution in [2.75, 3.05) is 39.2 Å². The predicted molar refractivity (Wildman–Crippen MR) is 90.1 cm³/mol. The Bertz CT molecular complexity index is 201. The van der Waals surface area contributed by atoms with Gasteiger partial charge in [0.15, 0.2) is 0 Å². The van der Waals surface area contributed by atoms with E-state index >= 15 is 0 Å². The third kappa shape index (κ3) is 11.8. The van der Waals surface area contributed by atoms with E-state index in [9.17, 15) is 0 Å². The second-order valence-electron chi connectivity index (χ2n) is 4.81. The van der Waals surface area contributed by atoms with E-state index in [4.69, 9.17) is 40.9 Å². The average Bonchev–Trinajstić information content (AvgIpc) is 2.52. The maximum absolute atomic E-state index is 5.75. The molecule has 0 rings (SSSR count). The summed E-state index contributed by atoms with van der Waals surface area (Å²) in [6.07, 6.45) is 8.50. The normalized spacial score (nSPS) is 12.0. The Morgan fingerprint density at radius 3 is 1.33 bits per heavy atom. The molecule has 0 radical (unpaired) electrons. The van der Waals surface area contributed by atoms with E-state index < -0.39 is 9.05 Å². The molecule has 0 aromatic rings. The van der Waals surface area contributed by atoms with Gasteiger partial charge in [-0.2, -0.15) is 0 Å². The van der Waals surface area contributed by atoms with Gasteiger partial charge in [-0.05, 0) is 25.7 Å². The molecule has 0 aromatic carbocycles. The average molecular weight is 361 g/mol. The van der Waals surface area contributed by atoms with Crippen molar-refractivity contribution in [2.24, 2.45) is 0 Å². The van der Waals surface area contributed by atoms with Crippen molar-refractivity contribution in [2.45, 2.75) is 51.4 Å². The van der Waals surface area contributed by atoms with Crippen LogP contribution in [0.25, 0.3) is 0 Å². The van der Waals surface area contributed by atoms with Crippen molar-refractivity contribution in [1.29, 1.82) is 0 Å². The van der Waals surface area contributed by atoms with E-state index in [-0.39, 0.29) is 0 Å². The minimum atomic E-state index is -2.93. The first-order valence-corrected chi connectivity index (χ1v) is 10.4. The first-order valence-electron chi connectivity index (χ1n) is 7.74. The molecular formula is C14H30Cl2O4Si. The van der Waals surface area contributed by atoms with Gasteiger partial charge >= 0.3 is 9.05 Å². The lowest BCUT2D eigenvalue weighted by Crippen LogP contribution is -2.47. The molecule has 0 aliphatic heterocycles. The fourth-order valence-electron chi connectivity index (χ4n) is 1.86. The van der Waals surface area contributed by atoms with Crippen molar-refractivity contribution in [1.82, 2.24) is 0 Å². The molecule has 21 heavy (non-hydrogen) atoms. The van der Waals surface area contributed by atoms with Crippen LogP contribution in [0.4, 0.5) is 0 Å². The molecule has 0 atom stereocenters. The van der Waals surface area contributed by atoms with Crippen LogP contribution in [0.1, 0.15) is 51.4 Å². The molecule has 0 aliphatic rings. The fraction of sp³-hybridized carbons (Fsp3) is 1.00. The quantitative estimate of drug-likeness (QED) is 0.233. The number of hydrogen-bond donors (Lipinski definition) is 0. The van der Waals surface area contributed by atoms with Crippen LogP contribution in [0.5, 0.6) is 0 Å². The van der Waals surface area contributed by atoms with E-state index in [1.807, 2.05) is 0 Å². The first-order chi connectivity index (χ1) is 10.2. The van der Waals surface area contributed by atoms with Crippen LogP contribution in [0, 0.1) is 0 Å². The molecule has 0 fully saturated rings. The van der Waals surface area contributed by atoms with Gasteiger partial charge in [0.2, 0.25) is 0 Å². The molecule has 0 aromatic heterocycles. The molecule has 128 valence electrons. The van der Waals surface area contributed by atoms with Crippen molar-refractivity contribution in [3.05, 3.63) is 0 Å². The Morgan fingerprint density at radius 2 is 1.00 bits per heavy atom. The number of halogens is 2. The van der Waals surface area contributed by atoms with Gasteiger partial charge in [-0.25, -0.2) is 0 Å². The number of rotatable bonds is 16. The van der Waals surface area contributed by atoms with Crippen LogP contribution >= 0.6 is 23.2 Å². The lowest BCUT2D eigenvalue weighted by molar-refractivity contribution is -0.0105. The van der Waals surface area contributed by atoms with Gasteiger partial charge < -0.3 is 17.7 Å². The van der Waals surface area contributed by atoms with Gasteiger partial charge in [-0.3, -0.25) is 0 Å². The van der Waals surface area contributed by atoms with Crippen molar-refractivity contribution in [3.8, 4) is 0 Å². The molecule has 0 spiro atoms. The highest BCUT2D eigenvalue weighted by Gasteiger charge is 2.43. The van der Waals surface area contributed by atoms with Gasteiger partial charge in [0.05, 0.1) is 0 Å². The molecule has 0 amide bonds. The molecular weight excluding hydrogens is 331 g/mol. The van der Waals surface area contributed by atoms with Crippen LogP contribution < -0.4 is 0 Å². The molecule has 0 saturated carbocycles. The smallest absolute Gasteiger partial charge is 0.355 e. The molecule has 0 unspecified atom stereocenters. The summed E-state index contributed by atoms with van der Waals surface area (Å²) in [6.45, 7) is 1.20. The van der Waals surface area contributed by atoms with E-state index in [1.165, 1.54) is 0 Å². The summed E-state index contributed by atoms with van der Waals surface area (Å²) in [5.41, 5.74) is 0. The molecule has 0 heterocycles. The minimum Gasteiger partial charge on any atom is -0.355 e. The monoisotopic (exact) mass is 360 g/mol. The number of alkyl halides is 2. The predicted octanol–water partition coefficient (Wildman–Crippen LogP) is 4.35. The molecule has 0 saturated heterocycles. The fourth-order valence-corrected chi connectivity index (χ4v) is 3.74. The summed E-state index contributed by atoms with van der Waals surface area (Å²) < 4.78 is 22.3. The highest BCUT2D eigenvalue weighted by Crippen LogP contribution is 2.13. The van der Waals surface area contributed by atoms with Gasteiger partial charge in [-0.1, -0.05) is 25.7 Å². The molecule has 0 aliphatic carbocycles. The lowest BCUT2D eigenvalue weighted by Gasteiger charge is -2.25. The second-order valence-corrected chi connectivity index (χ2v) is 7.96. The Morgan fingerprint density at radius 1 is 0.619 bits per heavy atom. The third-order valence-corrected chi connectivity index (χ3v) is 5.76. The zero-order chi connectivity index (χ0) is 15.8. The van der Waals surface area contributed by atoms with Crippen molar-refractivity contribution < 1.29 is 17.7 Å². The summed E-state index contributed by atoms with van der Waals surface area (Å²) >= 11 is 11.3. The standard InChI is InChI=1S/C14H30Cl2O4Si/c1-17-21(18-2,19-13-9-5-3-7-11-15)20-14-10-6-4-8-12-16/h3-14H2,1-2H3. The van der Waals surface area contributed by atoms with Crippen molar-refractivity contribution in [3.63, 3.8) is 0 Å². The second kappa shape index (κ2) is 15.5. The van der Waals surface area contributed by atoms with Gasteiger partial charge in [0, 0.05) is 39.2 Å². The first kappa shape index (κ1) is 21.6. The summed E-state index contributed by atoms with van der Waals surface area (Å²) in [5.74, 6) is 1.45. The summed E-state index contributed by atoms with van der Waals surface area (Å²) in [7, 11) is 0.228. The highest BCUT2D eigenvalue weighted by atomic mass is 35.5. The molecule has 4 nitrogen and oxygen atoms in total. The van der Waals surface area contributed by atoms with Crippen LogP contribution in [0.15, 0.2) is 0 Å². The molecule has 7 heteroatoms. The van der Waals surface area contributed by atoms with Crippen LogP contribution in [-0.2, 0) is 17.7 Å². The van der Waals surface area contributed by atoms with Gasteiger partial charge in [0.25, 0.3) is 0 Å². The highest BCUT2D eigenvalue weighted by molar-refractivity contribution is 6.53. The van der Waals surface area contributed by atoms with E-state index in [0.29, 0.717) is 13.2 Å². The molecule has 0 bridgehead atoms. The Hall–Kier alpha value is 0.637.